The molecule has 2 rings (SSSR count). The Morgan fingerprint density at radius 2 is 2.13 bits per heavy atom. The number of aromatic nitrogens is 1. The largest absolute Gasteiger partial charge is 0.445 e. The highest BCUT2D eigenvalue weighted by Gasteiger charge is 2.23. The second kappa shape index (κ2) is 4.79. The number of nitrogens with two attached hydrogens (primary N) is 1. The van der Waals surface area contributed by atoms with Gasteiger partial charge in [-0.1, -0.05) is 12.8 Å². The standard InChI is InChI=1S/C12H20N2O/c1-9-12(10-5-2-3-6-10)15-11(14-9)7-4-8-13/h10H,2-8,13H2,1H3. The van der Waals surface area contributed by atoms with Gasteiger partial charge in [0.25, 0.3) is 0 Å². The molecule has 84 valence electrons. The molecule has 1 aromatic rings. The quantitative estimate of drug-likeness (QED) is 0.827. The highest BCUT2D eigenvalue weighted by molar-refractivity contribution is 5.14. The molecule has 3 heteroatoms. The minimum Gasteiger partial charge on any atom is -0.445 e. The van der Waals surface area contributed by atoms with Gasteiger partial charge in [-0.15, -0.1) is 0 Å². The van der Waals surface area contributed by atoms with Crippen LogP contribution in [0.5, 0.6) is 0 Å². The number of aryl methyl sites for hydroxylation is 2. The third-order valence-electron chi connectivity index (χ3n) is 3.20. The fourth-order valence-corrected chi connectivity index (χ4v) is 2.39. The maximum absolute atomic E-state index is 5.83. The lowest BCUT2D eigenvalue weighted by Gasteiger charge is -2.04. The molecule has 1 aromatic heterocycles. The molecule has 1 aliphatic rings. The summed E-state index contributed by atoms with van der Waals surface area (Å²) in [6.45, 7) is 2.77. The summed E-state index contributed by atoms with van der Waals surface area (Å²) in [5, 5.41) is 0. The van der Waals surface area contributed by atoms with Crippen LogP contribution in [0.2, 0.25) is 0 Å². The van der Waals surface area contributed by atoms with Crippen LogP contribution in [0, 0.1) is 6.92 Å². The van der Waals surface area contributed by atoms with Crippen LogP contribution in [-0.4, -0.2) is 11.5 Å². The SMILES string of the molecule is Cc1nc(CCCN)oc1C1CCCC1. The van der Waals surface area contributed by atoms with E-state index in [0.29, 0.717) is 12.5 Å². The molecule has 0 saturated heterocycles. The van der Waals surface area contributed by atoms with Gasteiger partial charge in [0.1, 0.15) is 5.76 Å². The molecule has 0 aliphatic heterocycles. The van der Waals surface area contributed by atoms with Gasteiger partial charge in [0.2, 0.25) is 0 Å². The molecule has 3 nitrogen and oxygen atoms in total. The van der Waals surface area contributed by atoms with Crippen molar-refractivity contribution in [1.82, 2.24) is 4.98 Å². The first kappa shape index (κ1) is 10.7. The van der Waals surface area contributed by atoms with E-state index in [2.05, 4.69) is 11.9 Å². The van der Waals surface area contributed by atoms with E-state index in [1.165, 1.54) is 25.7 Å². The fraction of sp³-hybridized carbons (Fsp3) is 0.750. The Kier molecular flexibility index (Phi) is 3.41. The van der Waals surface area contributed by atoms with Gasteiger partial charge in [-0.3, -0.25) is 0 Å². The second-order valence-corrected chi connectivity index (χ2v) is 4.43. The first-order chi connectivity index (χ1) is 7.31. The normalized spacial score (nSPS) is 17.5. The van der Waals surface area contributed by atoms with Gasteiger partial charge in [-0.2, -0.15) is 0 Å². The lowest BCUT2D eigenvalue weighted by Crippen LogP contribution is -2.00. The van der Waals surface area contributed by atoms with E-state index < -0.39 is 0 Å². The highest BCUT2D eigenvalue weighted by atomic mass is 16.4. The molecule has 1 heterocycles. The van der Waals surface area contributed by atoms with Crippen molar-refractivity contribution < 1.29 is 4.42 Å². The van der Waals surface area contributed by atoms with Crippen molar-refractivity contribution in [2.24, 2.45) is 5.73 Å². The predicted molar refractivity (Wildman–Crippen MR) is 59.8 cm³/mol. The summed E-state index contributed by atoms with van der Waals surface area (Å²) < 4.78 is 5.83. The topological polar surface area (TPSA) is 52.0 Å². The lowest BCUT2D eigenvalue weighted by molar-refractivity contribution is 0.420. The van der Waals surface area contributed by atoms with Crippen LogP contribution >= 0.6 is 0 Å². The Labute approximate surface area is 91.1 Å². The molecule has 0 spiro atoms. The van der Waals surface area contributed by atoms with Gasteiger partial charge >= 0.3 is 0 Å². The van der Waals surface area contributed by atoms with E-state index in [1.54, 1.807) is 0 Å². The van der Waals surface area contributed by atoms with E-state index in [4.69, 9.17) is 10.2 Å². The molecular formula is C12H20N2O. The van der Waals surface area contributed by atoms with Crippen LogP contribution in [0.3, 0.4) is 0 Å². The average Bonchev–Trinajstić information content (AvgIpc) is 2.83. The zero-order chi connectivity index (χ0) is 10.7. The fourth-order valence-electron chi connectivity index (χ4n) is 2.39. The molecule has 0 bridgehead atoms. The second-order valence-electron chi connectivity index (χ2n) is 4.43. The molecule has 1 saturated carbocycles. The van der Waals surface area contributed by atoms with E-state index in [1.807, 2.05) is 0 Å². The Morgan fingerprint density at radius 1 is 1.40 bits per heavy atom. The lowest BCUT2D eigenvalue weighted by atomic mass is 10.0. The molecule has 0 aromatic carbocycles. The van der Waals surface area contributed by atoms with E-state index in [9.17, 15) is 0 Å². The van der Waals surface area contributed by atoms with Crippen molar-refractivity contribution in [3.63, 3.8) is 0 Å². The van der Waals surface area contributed by atoms with Crippen LogP contribution in [0.4, 0.5) is 0 Å². The minimum absolute atomic E-state index is 0.629. The van der Waals surface area contributed by atoms with Gasteiger partial charge in [-0.25, -0.2) is 4.98 Å². The maximum atomic E-state index is 5.83. The molecule has 0 atom stereocenters. The van der Waals surface area contributed by atoms with Crippen molar-refractivity contribution in [2.45, 2.75) is 51.4 Å². The van der Waals surface area contributed by atoms with Crippen molar-refractivity contribution in [3.05, 3.63) is 17.3 Å². The summed E-state index contributed by atoms with van der Waals surface area (Å²) in [7, 11) is 0. The first-order valence-corrected chi connectivity index (χ1v) is 5.97. The summed E-state index contributed by atoms with van der Waals surface area (Å²) in [5.74, 6) is 2.64. The van der Waals surface area contributed by atoms with Gasteiger partial charge in [0.05, 0.1) is 5.69 Å². The molecule has 0 radical (unpaired) electrons. The zero-order valence-electron chi connectivity index (χ0n) is 9.46. The third kappa shape index (κ3) is 2.40. The minimum atomic E-state index is 0.629. The summed E-state index contributed by atoms with van der Waals surface area (Å²) in [5.41, 5.74) is 6.57. The van der Waals surface area contributed by atoms with Crippen molar-refractivity contribution in [1.29, 1.82) is 0 Å². The zero-order valence-corrected chi connectivity index (χ0v) is 9.46. The molecule has 1 aliphatic carbocycles. The number of hydrogen-bond acceptors (Lipinski definition) is 3. The summed E-state index contributed by atoms with van der Waals surface area (Å²) in [6, 6.07) is 0. The highest BCUT2D eigenvalue weighted by Crippen LogP contribution is 2.36. The molecule has 2 N–H and O–H groups in total. The Balaban J connectivity index is 2.06. The number of oxazole rings is 1. The summed E-state index contributed by atoms with van der Waals surface area (Å²) >= 11 is 0. The number of nitrogens with zero attached hydrogens (tertiary/aromatic N) is 1. The van der Waals surface area contributed by atoms with Crippen molar-refractivity contribution >= 4 is 0 Å². The maximum Gasteiger partial charge on any atom is 0.194 e. The molecular weight excluding hydrogens is 188 g/mol. The van der Waals surface area contributed by atoms with E-state index in [0.717, 1.165) is 30.2 Å². The Morgan fingerprint density at radius 3 is 2.80 bits per heavy atom. The molecule has 15 heavy (non-hydrogen) atoms. The van der Waals surface area contributed by atoms with Gasteiger partial charge in [-0.05, 0) is 32.7 Å². The van der Waals surface area contributed by atoms with Crippen molar-refractivity contribution in [2.75, 3.05) is 6.54 Å². The van der Waals surface area contributed by atoms with Crippen molar-refractivity contribution in [3.8, 4) is 0 Å². The van der Waals surface area contributed by atoms with Gasteiger partial charge in [0.15, 0.2) is 5.89 Å². The Bertz CT molecular complexity index is 313. The molecule has 0 unspecified atom stereocenters. The van der Waals surface area contributed by atoms with Crippen LogP contribution in [0.25, 0.3) is 0 Å². The van der Waals surface area contributed by atoms with Crippen LogP contribution in [-0.2, 0) is 6.42 Å². The first-order valence-electron chi connectivity index (χ1n) is 5.97. The van der Waals surface area contributed by atoms with Gasteiger partial charge < -0.3 is 10.2 Å². The molecule has 0 amide bonds. The number of rotatable bonds is 4. The smallest absolute Gasteiger partial charge is 0.194 e. The summed E-state index contributed by atoms with van der Waals surface area (Å²) in [4.78, 5) is 4.47. The van der Waals surface area contributed by atoms with E-state index in [-0.39, 0.29) is 0 Å². The Hall–Kier alpha value is -0.830. The van der Waals surface area contributed by atoms with Crippen LogP contribution in [0.15, 0.2) is 4.42 Å². The van der Waals surface area contributed by atoms with Crippen LogP contribution < -0.4 is 5.73 Å². The monoisotopic (exact) mass is 208 g/mol. The summed E-state index contributed by atoms with van der Waals surface area (Å²) in [6.07, 6.45) is 7.05. The van der Waals surface area contributed by atoms with Gasteiger partial charge in [0, 0.05) is 12.3 Å². The third-order valence-corrected chi connectivity index (χ3v) is 3.20. The average molecular weight is 208 g/mol. The number of hydrogen-bond donors (Lipinski definition) is 1. The predicted octanol–water partition coefficient (Wildman–Crippen LogP) is 2.53. The molecule has 1 fully saturated rings. The van der Waals surface area contributed by atoms with Crippen LogP contribution in [0.1, 0.15) is 55.4 Å². The van der Waals surface area contributed by atoms with E-state index >= 15 is 0 Å².